The van der Waals surface area contributed by atoms with Crippen LogP contribution < -0.4 is 10.0 Å². The van der Waals surface area contributed by atoms with Gasteiger partial charge < -0.3 is 5.32 Å². The maximum absolute atomic E-state index is 11.8. The Morgan fingerprint density at radius 1 is 1.28 bits per heavy atom. The van der Waals surface area contributed by atoms with E-state index in [1.54, 1.807) is 0 Å². The van der Waals surface area contributed by atoms with E-state index in [2.05, 4.69) is 28.9 Å². The molecule has 18 heavy (non-hydrogen) atoms. The summed E-state index contributed by atoms with van der Waals surface area (Å²) in [7, 11) is -1.05. The zero-order valence-electron chi connectivity index (χ0n) is 11.4. The second-order valence-electron chi connectivity index (χ2n) is 5.64. The fourth-order valence-electron chi connectivity index (χ4n) is 1.99. The number of hydrogen-bond donors (Lipinski definition) is 2. The van der Waals surface area contributed by atoms with Crippen LogP contribution in [0.5, 0.6) is 0 Å². The quantitative estimate of drug-likeness (QED) is 0.628. The molecule has 0 aromatic heterocycles. The molecule has 2 rings (SSSR count). The summed E-state index contributed by atoms with van der Waals surface area (Å²) in [6.07, 6.45) is 4.88. The van der Waals surface area contributed by atoms with Crippen molar-refractivity contribution in [3.8, 4) is 0 Å². The maximum Gasteiger partial charge on any atom is 0.212 e. The molecular weight excluding hydrogens is 250 g/mol. The van der Waals surface area contributed by atoms with Crippen molar-refractivity contribution in [3.63, 3.8) is 0 Å². The van der Waals surface area contributed by atoms with Crippen LogP contribution in [0.25, 0.3) is 0 Å². The first-order chi connectivity index (χ1) is 8.48. The van der Waals surface area contributed by atoms with Gasteiger partial charge in [0, 0.05) is 31.2 Å². The van der Waals surface area contributed by atoms with Gasteiger partial charge in [-0.3, -0.25) is 4.90 Å². The number of nitrogens with one attached hydrogen (secondary N) is 2. The topological polar surface area (TPSA) is 61.4 Å². The van der Waals surface area contributed by atoms with E-state index >= 15 is 0 Å². The van der Waals surface area contributed by atoms with Crippen LogP contribution in [-0.2, 0) is 10.0 Å². The van der Waals surface area contributed by atoms with E-state index in [9.17, 15) is 8.42 Å². The summed E-state index contributed by atoms with van der Waals surface area (Å²) in [6, 6.07) is 1.50. The SMILES string of the molecule is CC(CNS(=O)(=O)CCNC1CC1)N(C)C1CC1. The molecule has 0 saturated heterocycles. The van der Waals surface area contributed by atoms with E-state index in [0.717, 1.165) is 0 Å². The molecule has 2 fully saturated rings. The van der Waals surface area contributed by atoms with Gasteiger partial charge in [0.25, 0.3) is 0 Å². The molecule has 0 amide bonds. The van der Waals surface area contributed by atoms with Crippen molar-refractivity contribution in [2.45, 2.75) is 50.7 Å². The van der Waals surface area contributed by atoms with E-state index in [4.69, 9.17) is 0 Å². The molecule has 2 saturated carbocycles. The van der Waals surface area contributed by atoms with E-state index in [0.29, 0.717) is 25.2 Å². The van der Waals surface area contributed by atoms with Crippen LogP contribution in [0, 0.1) is 0 Å². The molecule has 106 valence electrons. The predicted molar refractivity (Wildman–Crippen MR) is 73.1 cm³/mol. The average molecular weight is 275 g/mol. The number of hydrogen-bond acceptors (Lipinski definition) is 4. The van der Waals surface area contributed by atoms with Gasteiger partial charge in [0.05, 0.1) is 5.75 Å². The van der Waals surface area contributed by atoms with E-state index in [-0.39, 0.29) is 11.8 Å². The lowest BCUT2D eigenvalue weighted by molar-refractivity contribution is 0.248. The van der Waals surface area contributed by atoms with Gasteiger partial charge in [0.2, 0.25) is 10.0 Å². The Morgan fingerprint density at radius 2 is 1.94 bits per heavy atom. The first-order valence-electron chi connectivity index (χ1n) is 6.90. The molecular formula is C12H25N3O2S. The average Bonchev–Trinajstić information content (AvgIpc) is 3.14. The predicted octanol–water partition coefficient (Wildman–Crippen LogP) is 0.141. The van der Waals surface area contributed by atoms with Crippen molar-refractivity contribution in [1.82, 2.24) is 14.9 Å². The molecule has 0 heterocycles. The summed E-state index contributed by atoms with van der Waals surface area (Å²) in [5.41, 5.74) is 0. The Morgan fingerprint density at radius 3 is 2.50 bits per heavy atom. The summed E-state index contributed by atoms with van der Waals surface area (Å²) in [5, 5.41) is 3.22. The molecule has 0 aromatic rings. The van der Waals surface area contributed by atoms with Crippen LogP contribution in [0.4, 0.5) is 0 Å². The monoisotopic (exact) mass is 275 g/mol. The smallest absolute Gasteiger partial charge is 0.212 e. The fraction of sp³-hybridized carbons (Fsp3) is 1.00. The Labute approximate surface area is 110 Å². The normalized spacial score (nSPS) is 22.4. The third-order valence-electron chi connectivity index (χ3n) is 3.80. The highest BCUT2D eigenvalue weighted by Gasteiger charge is 2.29. The van der Waals surface area contributed by atoms with Gasteiger partial charge in [-0.25, -0.2) is 13.1 Å². The van der Waals surface area contributed by atoms with Gasteiger partial charge in [-0.1, -0.05) is 0 Å². The lowest BCUT2D eigenvalue weighted by atomic mass is 10.3. The number of likely N-dealkylation sites (N-methyl/N-ethyl adjacent to an activating group) is 1. The third kappa shape index (κ3) is 4.84. The summed E-state index contributed by atoms with van der Waals surface area (Å²) in [4.78, 5) is 2.27. The summed E-state index contributed by atoms with van der Waals surface area (Å²) >= 11 is 0. The Kier molecular flexibility index (Phi) is 4.64. The van der Waals surface area contributed by atoms with E-state index in [1.165, 1.54) is 25.7 Å². The molecule has 0 radical (unpaired) electrons. The first-order valence-corrected chi connectivity index (χ1v) is 8.56. The zero-order chi connectivity index (χ0) is 13.2. The minimum atomic E-state index is -3.12. The van der Waals surface area contributed by atoms with Crippen LogP contribution in [0.2, 0.25) is 0 Å². The molecule has 5 nitrogen and oxygen atoms in total. The maximum atomic E-state index is 11.8. The molecule has 2 aliphatic carbocycles. The zero-order valence-corrected chi connectivity index (χ0v) is 12.2. The molecule has 0 aliphatic heterocycles. The molecule has 2 N–H and O–H groups in total. The second-order valence-corrected chi connectivity index (χ2v) is 7.57. The van der Waals surface area contributed by atoms with Crippen LogP contribution in [-0.4, -0.2) is 57.3 Å². The Bertz CT molecular complexity index is 364. The molecule has 1 unspecified atom stereocenters. The minimum absolute atomic E-state index is 0.184. The first kappa shape index (κ1) is 14.2. The summed E-state index contributed by atoms with van der Waals surface area (Å²) < 4.78 is 26.3. The molecule has 0 spiro atoms. The van der Waals surface area contributed by atoms with Gasteiger partial charge in [-0.15, -0.1) is 0 Å². The minimum Gasteiger partial charge on any atom is -0.313 e. The highest BCUT2D eigenvalue weighted by atomic mass is 32.2. The summed E-state index contributed by atoms with van der Waals surface area (Å²) in [6.45, 7) is 3.15. The largest absolute Gasteiger partial charge is 0.313 e. The number of sulfonamides is 1. The van der Waals surface area contributed by atoms with Crippen LogP contribution >= 0.6 is 0 Å². The Hall–Kier alpha value is -0.170. The van der Waals surface area contributed by atoms with Crippen molar-refractivity contribution >= 4 is 10.0 Å². The van der Waals surface area contributed by atoms with Crippen LogP contribution in [0.3, 0.4) is 0 Å². The van der Waals surface area contributed by atoms with Crippen molar-refractivity contribution < 1.29 is 8.42 Å². The molecule has 1 atom stereocenters. The van der Waals surface area contributed by atoms with Crippen molar-refractivity contribution in [2.75, 3.05) is 25.9 Å². The van der Waals surface area contributed by atoms with Crippen LogP contribution in [0.1, 0.15) is 32.6 Å². The highest BCUT2D eigenvalue weighted by Crippen LogP contribution is 2.26. The number of rotatable bonds is 9. The fourth-order valence-corrected chi connectivity index (χ4v) is 3.02. The van der Waals surface area contributed by atoms with Crippen LogP contribution in [0.15, 0.2) is 0 Å². The Balaban J connectivity index is 1.63. The number of nitrogens with zero attached hydrogens (tertiary/aromatic N) is 1. The van der Waals surface area contributed by atoms with Crippen molar-refractivity contribution in [1.29, 1.82) is 0 Å². The summed E-state index contributed by atoms with van der Waals surface area (Å²) in [5.74, 6) is 0.184. The van der Waals surface area contributed by atoms with Gasteiger partial charge in [-0.2, -0.15) is 0 Å². The lowest BCUT2D eigenvalue weighted by Crippen LogP contribution is -2.42. The lowest BCUT2D eigenvalue weighted by Gasteiger charge is -2.24. The van der Waals surface area contributed by atoms with Crippen molar-refractivity contribution in [3.05, 3.63) is 0 Å². The third-order valence-corrected chi connectivity index (χ3v) is 5.15. The van der Waals surface area contributed by atoms with Gasteiger partial charge in [0.15, 0.2) is 0 Å². The van der Waals surface area contributed by atoms with Gasteiger partial charge >= 0.3 is 0 Å². The second kappa shape index (κ2) is 5.86. The van der Waals surface area contributed by atoms with E-state index < -0.39 is 10.0 Å². The standard InChI is InChI=1S/C12H25N3O2S/c1-10(15(2)12-5-6-12)9-14-18(16,17)8-7-13-11-3-4-11/h10-14H,3-9H2,1-2H3. The molecule has 0 aromatic carbocycles. The highest BCUT2D eigenvalue weighted by molar-refractivity contribution is 7.89. The molecule has 0 bridgehead atoms. The van der Waals surface area contributed by atoms with Gasteiger partial charge in [0.1, 0.15) is 0 Å². The molecule has 2 aliphatic rings. The van der Waals surface area contributed by atoms with Crippen molar-refractivity contribution in [2.24, 2.45) is 0 Å². The van der Waals surface area contributed by atoms with Gasteiger partial charge in [-0.05, 0) is 39.7 Å². The molecule has 6 heteroatoms. The van der Waals surface area contributed by atoms with E-state index in [1.807, 2.05) is 0 Å².